The number of hydrogen-bond acceptors (Lipinski definition) is 4. The smallest absolute Gasteiger partial charge is 0.252 e. The van der Waals surface area contributed by atoms with Crippen LogP contribution in [-0.2, 0) is 19.1 Å². The SMILES string of the molecule is Cc1nn(C(C)(C)C)c2nc(C(C)C)cc(C(=O)NCc3cncn3C)c12. The summed E-state index contributed by atoms with van der Waals surface area (Å²) in [6, 6.07) is 1.90. The predicted molar refractivity (Wildman–Crippen MR) is 106 cm³/mol. The van der Waals surface area contributed by atoms with Gasteiger partial charge in [-0.05, 0) is 39.7 Å². The lowest BCUT2D eigenvalue weighted by Crippen LogP contribution is -2.25. The first kappa shape index (κ1) is 19.1. The fourth-order valence-corrected chi connectivity index (χ4v) is 3.07. The minimum Gasteiger partial charge on any atom is -0.346 e. The first-order chi connectivity index (χ1) is 12.6. The molecule has 3 heterocycles. The second kappa shape index (κ2) is 6.79. The number of hydrogen-bond donors (Lipinski definition) is 1. The van der Waals surface area contributed by atoms with Crippen LogP contribution in [0.2, 0.25) is 0 Å². The summed E-state index contributed by atoms with van der Waals surface area (Å²) in [4.78, 5) is 22.0. The van der Waals surface area contributed by atoms with Gasteiger partial charge in [0.05, 0.1) is 40.7 Å². The second-order valence-corrected chi connectivity index (χ2v) is 8.29. The normalized spacial score (nSPS) is 12.1. The summed E-state index contributed by atoms with van der Waals surface area (Å²) in [5, 5.41) is 8.52. The van der Waals surface area contributed by atoms with Crippen molar-refractivity contribution >= 4 is 16.9 Å². The molecule has 0 fully saturated rings. The lowest BCUT2D eigenvalue weighted by atomic mass is 10.0. The lowest BCUT2D eigenvalue weighted by Gasteiger charge is -2.20. The topological polar surface area (TPSA) is 77.6 Å². The number of amides is 1. The van der Waals surface area contributed by atoms with Crippen molar-refractivity contribution in [3.8, 4) is 0 Å². The molecule has 7 heteroatoms. The zero-order valence-electron chi connectivity index (χ0n) is 17.2. The molecule has 0 bridgehead atoms. The van der Waals surface area contributed by atoms with Gasteiger partial charge in [-0.2, -0.15) is 5.10 Å². The third-order valence-corrected chi connectivity index (χ3v) is 4.65. The maximum Gasteiger partial charge on any atom is 0.252 e. The van der Waals surface area contributed by atoms with Crippen LogP contribution in [-0.4, -0.2) is 30.2 Å². The molecule has 0 aliphatic heterocycles. The highest BCUT2D eigenvalue weighted by molar-refractivity contribution is 6.06. The van der Waals surface area contributed by atoms with E-state index in [2.05, 4.69) is 50.0 Å². The molecule has 7 nitrogen and oxygen atoms in total. The Morgan fingerprint density at radius 1 is 1.30 bits per heavy atom. The molecule has 0 atom stereocenters. The zero-order valence-corrected chi connectivity index (χ0v) is 17.2. The molecule has 3 rings (SSSR count). The Kier molecular flexibility index (Phi) is 4.80. The quantitative estimate of drug-likeness (QED) is 0.766. The highest BCUT2D eigenvalue weighted by Gasteiger charge is 2.25. The second-order valence-electron chi connectivity index (χ2n) is 8.29. The van der Waals surface area contributed by atoms with Gasteiger partial charge in [-0.1, -0.05) is 13.8 Å². The molecule has 144 valence electrons. The van der Waals surface area contributed by atoms with E-state index in [0.717, 1.165) is 28.1 Å². The highest BCUT2D eigenvalue weighted by atomic mass is 16.1. The van der Waals surface area contributed by atoms with Gasteiger partial charge in [-0.15, -0.1) is 0 Å². The maximum absolute atomic E-state index is 13.0. The van der Waals surface area contributed by atoms with E-state index in [4.69, 9.17) is 4.98 Å². The van der Waals surface area contributed by atoms with Crippen molar-refractivity contribution in [3.05, 3.63) is 41.2 Å². The zero-order chi connectivity index (χ0) is 19.9. The number of carbonyl (C=O) groups is 1. The summed E-state index contributed by atoms with van der Waals surface area (Å²) in [5.41, 5.74) is 3.81. The van der Waals surface area contributed by atoms with Crippen molar-refractivity contribution in [1.29, 1.82) is 0 Å². The van der Waals surface area contributed by atoms with E-state index >= 15 is 0 Å². The summed E-state index contributed by atoms with van der Waals surface area (Å²) in [5.74, 6) is 0.0868. The van der Waals surface area contributed by atoms with Gasteiger partial charge in [0.1, 0.15) is 0 Å². The first-order valence-corrected chi connectivity index (χ1v) is 9.23. The number of aromatic nitrogens is 5. The van der Waals surface area contributed by atoms with Crippen molar-refractivity contribution < 1.29 is 4.79 Å². The van der Waals surface area contributed by atoms with Gasteiger partial charge in [-0.3, -0.25) is 4.79 Å². The molecule has 0 aromatic carbocycles. The summed E-state index contributed by atoms with van der Waals surface area (Å²) < 4.78 is 3.81. The van der Waals surface area contributed by atoms with Crippen molar-refractivity contribution in [2.75, 3.05) is 0 Å². The minimum absolute atomic E-state index is 0.123. The maximum atomic E-state index is 13.0. The molecule has 1 amide bonds. The van der Waals surface area contributed by atoms with Gasteiger partial charge in [0.2, 0.25) is 0 Å². The molecule has 0 aliphatic carbocycles. The Balaban J connectivity index is 2.09. The largest absolute Gasteiger partial charge is 0.346 e. The standard InChI is InChI=1S/C20H28N6O/c1-12(2)16-8-15(19(27)22-10-14-9-21-11-25(14)7)17-13(3)24-26(18(17)23-16)20(4,5)6/h8-9,11-12H,10H2,1-7H3,(H,22,27). The molecular weight excluding hydrogens is 340 g/mol. The molecule has 3 aromatic heterocycles. The number of carbonyl (C=O) groups excluding carboxylic acids is 1. The van der Waals surface area contributed by atoms with Crippen molar-refractivity contribution in [1.82, 2.24) is 29.6 Å². The fraction of sp³-hybridized carbons (Fsp3) is 0.500. The fourth-order valence-electron chi connectivity index (χ4n) is 3.07. The van der Waals surface area contributed by atoms with Gasteiger partial charge in [0.25, 0.3) is 5.91 Å². The van der Waals surface area contributed by atoms with E-state index < -0.39 is 0 Å². The summed E-state index contributed by atoms with van der Waals surface area (Å²) in [6.07, 6.45) is 3.48. The van der Waals surface area contributed by atoms with Gasteiger partial charge in [-0.25, -0.2) is 14.6 Å². The monoisotopic (exact) mass is 368 g/mol. The number of nitrogens with one attached hydrogen (secondary N) is 1. The third kappa shape index (κ3) is 3.59. The van der Waals surface area contributed by atoms with Crippen LogP contribution in [0.25, 0.3) is 11.0 Å². The van der Waals surface area contributed by atoms with E-state index in [1.165, 1.54) is 0 Å². The Labute approximate surface area is 159 Å². The number of fused-ring (bicyclic) bond motifs is 1. The predicted octanol–water partition coefficient (Wildman–Crippen LogP) is 3.28. The number of aryl methyl sites for hydroxylation is 2. The van der Waals surface area contributed by atoms with Crippen molar-refractivity contribution in [3.63, 3.8) is 0 Å². The number of pyridine rings is 1. The van der Waals surface area contributed by atoms with Crippen LogP contribution >= 0.6 is 0 Å². The molecule has 0 saturated carbocycles. The van der Waals surface area contributed by atoms with Crippen LogP contribution in [0.5, 0.6) is 0 Å². The molecule has 1 N–H and O–H groups in total. The van der Waals surface area contributed by atoms with Gasteiger partial charge in [0.15, 0.2) is 5.65 Å². The Morgan fingerprint density at radius 2 is 2.00 bits per heavy atom. The van der Waals surface area contributed by atoms with E-state index in [-0.39, 0.29) is 17.4 Å². The number of rotatable bonds is 4. The summed E-state index contributed by atoms with van der Waals surface area (Å²) >= 11 is 0. The van der Waals surface area contributed by atoms with E-state index in [1.54, 1.807) is 12.5 Å². The molecular formula is C20H28N6O. The highest BCUT2D eigenvalue weighted by Crippen LogP contribution is 2.28. The Hall–Kier alpha value is -2.70. The number of nitrogens with zero attached hydrogens (tertiary/aromatic N) is 5. The van der Waals surface area contributed by atoms with Crippen LogP contribution in [0, 0.1) is 6.92 Å². The average molecular weight is 368 g/mol. The van der Waals surface area contributed by atoms with E-state index in [0.29, 0.717) is 12.1 Å². The third-order valence-electron chi connectivity index (χ3n) is 4.65. The van der Waals surface area contributed by atoms with Crippen LogP contribution in [0.4, 0.5) is 0 Å². The summed E-state index contributed by atoms with van der Waals surface area (Å²) in [7, 11) is 1.91. The van der Waals surface area contributed by atoms with E-state index in [1.807, 2.05) is 29.3 Å². The first-order valence-electron chi connectivity index (χ1n) is 9.23. The summed E-state index contributed by atoms with van der Waals surface area (Å²) in [6.45, 7) is 12.8. The lowest BCUT2D eigenvalue weighted by molar-refractivity contribution is 0.0951. The van der Waals surface area contributed by atoms with Gasteiger partial charge >= 0.3 is 0 Å². The molecule has 0 unspecified atom stereocenters. The average Bonchev–Trinajstić information content (AvgIpc) is 3.15. The van der Waals surface area contributed by atoms with Gasteiger partial charge in [0, 0.05) is 18.9 Å². The van der Waals surface area contributed by atoms with Crippen molar-refractivity contribution in [2.24, 2.45) is 7.05 Å². The Bertz CT molecular complexity index is 990. The Morgan fingerprint density at radius 3 is 2.56 bits per heavy atom. The molecule has 27 heavy (non-hydrogen) atoms. The van der Waals surface area contributed by atoms with Gasteiger partial charge < -0.3 is 9.88 Å². The van der Waals surface area contributed by atoms with Crippen LogP contribution in [0.15, 0.2) is 18.6 Å². The van der Waals surface area contributed by atoms with Crippen molar-refractivity contribution in [2.45, 2.75) is 59.5 Å². The van der Waals surface area contributed by atoms with Crippen LogP contribution in [0.3, 0.4) is 0 Å². The molecule has 0 radical (unpaired) electrons. The minimum atomic E-state index is -0.225. The molecule has 0 spiro atoms. The molecule has 0 aliphatic rings. The molecule has 3 aromatic rings. The molecule has 0 saturated heterocycles. The number of imidazole rings is 1. The van der Waals surface area contributed by atoms with E-state index in [9.17, 15) is 4.79 Å². The van der Waals surface area contributed by atoms with Crippen LogP contribution in [0.1, 0.15) is 68.0 Å². The van der Waals surface area contributed by atoms with Crippen LogP contribution < -0.4 is 5.32 Å².